The Labute approximate surface area is 173 Å². The topological polar surface area (TPSA) is 66.5 Å². The smallest absolute Gasteiger partial charge is 0.264 e. The summed E-state index contributed by atoms with van der Waals surface area (Å²) >= 11 is 5.75. The van der Waals surface area contributed by atoms with Gasteiger partial charge in [-0.25, -0.2) is 12.8 Å². The van der Waals surface area contributed by atoms with Crippen molar-refractivity contribution in [3.63, 3.8) is 0 Å². The van der Waals surface area contributed by atoms with Crippen LogP contribution in [0.4, 0.5) is 15.8 Å². The van der Waals surface area contributed by atoms with Crippen molar-refractivity contribution >= 4 is 38.9 Å². The fraction of sp³-hybridized carbons (Fsp3) is 0.0952. The van der Waals surface area contributed by atoms with Crippen LogP contribution in [0, 0.1) is 12.7 Å². The van der Waals surface area contributed by atoms with Gasteiger partial charge in [0.25, 0.3) is 15.9 Å². The van der Waals surface area contributed by atoms with Crippen LogP contribution in [0.1, 0.15) is 15.9 Å². The summed E-state index contributed by atoms with van der Waals surface area (Å²) in [4.78, 5) is 12.9. The van der Waals surface area contributed by atoms with Crippen LogP contribution in [0.25, 0.3) is 0 Å². The quantitative estimate of drug-likeness (QED) is 0.625. The molecule has 0 atom stereocenters. The molecular formula is C21H18ClFN2O3S. The highest BCUT2D eigenvalue weighted by Crippen LogP contribution is 2.27. The van der Waals surface area contributed by atoms with Crippen LogP contribution in [0.5, 0.6) is 0 Å². The number of anilines is 2. The van der Waals surface area contributed by atoms with E-state index in [2.05, 4.69) is 5.32 Å². The predicted molar refractivity (Wildman–Crippen MR) is 113 cm³/mol. The molecule has 1 amide bonds. The number of sulfonamides is 1. The Balaban J connectivity index is 1.94. The zero-order chi connectivity index (χ0) is 21.2. The lowest BCUT2D eigenvalue weighted by Crippen LogP contribution is -2.29. The zero-order valence-electron chi connectivity index (χ0n) is 15.7. The minimum Gasteiger partial charge on any atom is -0.322 e. The molecule has 0 aliphatic carbocycles. The Bertz CT molecular complexity index is 1160. The van der Waals surface area contributed by atoms with Crippen molar-refractivity contribution in [2.24, 2.45) is 0 Å². The van der Waals surface area contributed by atoms with E-state index in [0.717, 1.165) is 15.9 Å². The number of carbonyl (C=O) groups excluding carboxylic acids is 1. The maximum Gasteiger partial charge on any atom is 0.264 e. The Morgan fingerprint density at radius 3 is 2.34 bits per heavy atom. The number of hydrogen-bond acceptors (Lipinski definition) is 3. The first kappa shape index (κ1) is 20.8. The molecule has 5 nitrogen and oxygen atoms in total. The molecule has 8 heteroatoms. The van der Waals surface area contributed by atoms with E-state index in [9.17, 15) is 17.6 Å². The van der Waals surface area contributed by atoms with Gasteiger partial charge in [-0.05, 0) is 49.4 Å². The normalized spacial score (nSPS) is 11.2. The van der Waals surface area contributed by atoms with Crippen LogP contribution >= 0.6 is 11.6 Å². The molecule has 0 saturated heterocycles. The molecule has 0 bridgehead atoms. The van der Waals surface area contributed by atoms with Gasteiger partial charge in [0.1, 0.15) is 5.82 Å². The van der Waals surface area contributed by atoms with Gasteiger partial charge >= 0.3 is 0 Å². The molecule has 0 aromatic heterocycles. The highest BCUT2D eigenvalue weighted by Gasteiger charge is 2.25. The van der Waals surface area contributed by atoms with Gasteiger partial charge in [-0.15, -0.1) is 0 Å². The Kier molecular flexibility index (Phi) is 5.91. The third-order valence-corrected chi connectivity index (χ3v) is 6.42. The summed E-state index contributed by atoms with van der Waals surface area (Å²) in [6.45, 7) is 1.86. The lowest BCUT2D eigenvalue weighted by molar-refractivity contribution is 0.102. The molecule has 0 spiro atoms. The maximum atomic E-state index is 13.3. The molecule has 0 saturated carbocycles. The second kappa shape index (κ2) is 8.23. The first-order valence-corrected chi connectivity index (χ1v) is 10.4. The Morgan fingerprint density at radius 1 is 1.03 bits per heavy atom. The summed E-state index contributed by atoms with van der Waals surface area (Å²) in [5.74, 6) is -1.15. The van der Waals surface area contributed by atoms with Crippen molar-refractivity contribution in [3.05, 3.63) is 88.7 Å². The molecule has 0 unspecified atom stereocenters. The molecular weight excluding hydrogens is 415 g/mol. The largest absolute Gasteiger partial charge is 0.322 e. The summed E-state index contributed by atoms with van der Waals surface area (Å²) in [6, 6.07) is 16.6. The van der Waals surface area contributed by atoms with Gasteiger partial charge in [0, 0.05) is 12.7 Å². The summed E-state index contributed by atoms with van der Waals surface area (Å²) in [5, 5.41) is 2.48. The van der Waals surface area contributed by atoms with E-state index in [-0.39, 0.29) is 21.2 Å². The van der Waals surface area contributed by atoms with Gasteiger partial charge in [0.05, 0.1) is 21.2 Å². The number of para-hydroxylation sites is 1. The lowest BCUT2D eigenvalue weighted by Gasteiger charge is -2.22. The zero-order valence-corrected chi connectivity index (χ0v) is 17.3. The van der Waals surface area contributed by atoms with Crippen LogP contribution in [0.2, 0.25) is 5.02 Å². The van der Waals surface area contributed by atoms with Gasteiger partial charge in [-0.2, -0.15) is 0 Å². The van der Waals surface area contributed by atoms with E-state index in [4.69, 9.17) is 11.6 Å². The number of aryl methyl sites for hydroxylation is 1. The van der Waals surface area contributed by atoms with Gasteiger partial charge in [-0.1, -0.05) is 41.4 Å². The maximum absolute atomic E-state index is 13.3. The van der Waals surface area contributed by atoms with Crippen molar-refractivity contribution in [3.8, 4) is 0 Å². The number of rotatable bonds is 5. The molecule has 3 aromatic rings. The molecule has 1 N–H and O–H groups in total. The predicted octanol–water partition coefficient (Wildman–Crippen LogP) is 4.86. The van der Waals surface area contributed by atoms with Gasteiger partial charge < -0.3 is 5.32 Å². The standard InChI is InChI=1S/C21H18ClFN2O3S/c1-14-7-10-16(11-8-14)29(27,28)25(2)20-6-4-3-5-17(20)21(26)24-15-9-12-19(23)18(22)13-15/h3-13H,1-2H3,(H,24,26). The number of carbonyl (C=O) groups is 1. The second-order valence-electron chi connectivity index (χ2n) is 6.39. The first-order valence-electron chi connectivity index (χ1n) is 8.61. The average molecular weight is 433 g/mol. The van der Waals surface area contributed by atoms with E-state index in [0.29, 0.717) is 5.69 Å². The van der Waals surface area contributed by atoms with Crippen LogP contribution < -0.4 is 9.62 Å². The lowest BCUT2D eigenvalue weighted by atomic mass is 10.1. The number of hydrogen-bond donors (Lipinski definition) is 1. The van der Waals surface area contributed by atoms with Crippen LogP contribution in [0.15, 0.2) is 71.6 Å². The molecule has 0 radical (unpaired) electrons. The van der Waals surface area contributed by atoms with Crippen LogP contribution in [-0.4, -0.2) is 21.4 Å². The van der Waals surface area contributed by atoms with Gasteiger partial charge in [0.15, 0.2) is 0 Å². The summed E-state index contributed by atoms with van der Waals surface area (Å²) in [5.41, 5.74) is 1.58. The number of nitrogens with zero attached hydrogens (tertiary/aromatic N) is 1. The van der Waals surface area contributed by atoms with Gasteiger partial charge in [-0.3, -0.25) is 9.10 Å². The number of amides is 1. The monoisotopic (exact) mass is 432 g/mol. The molecule has 0 fully saturated rings. The molecule has 0 heterocycles. The fourth-order valence-electron chi connectivity index (χ4n) is 2.71. The third kappa shape index (κ3) is 4.41. The van der Waals surface area contributed by atoms with Crippen LogP contribution in [0.3, 0.4) is 0 Å². The molecule has 150 valence electrons. The number of benzene rings is 3. The average Bonchev–Trinajstić information content (AvgIpc) is 2.70. The minimum absolute atomic E-state index is 0.117. The molecule has 3 rings (SSSR count). The van der Waals surface area contributed by atoms with E-state index in [1.807, 2.05) is 6.92 Å². The Hall–Kier alpha value is -2.90. The molecule has 29 heavy (non-hydrogen) atoms. The summed E-state index contributed by atoms with van der Waals surface area (Å²) in [7, 11) is -2.48. The van der Waals surface area contributed by atoms with Crippen molar-refractivity contribution in [2.45, 2.75) is 11.8 Å². The molecule has 0 aliphatic heterocycles. The fourth-order valence-corrected chi connectivity index (χ4v) is 4.11. The van der Waals surface area contributed by atoms with Crippen LogP contribution in [-0.2, 0) is 10.0 Å². The minimum atomic E-state index is -3.87. The highest BCUT2D eigenvalue weighted by molar-refractivity contribution is 7.92. The highest BCUT2D eigenvalue weighted by atomic mass is 35.5. The molecule has 3 aromatic carbocycles. The number of halogens is 2. The van der Waals surface area contributed by atoms with E-state index in [1.54, 1.807) is 24.3 Å². The van der Waals surface area contributed by atoms with E-state index in [1.165, 1.54) is 43.4 Å². The van der Waals surface area contributed by atoms with Crippen molar-refractivity contribution < 1.29 is 17.6 Å². The van der Waals surface area contributed by atoms with Crippen molar-refractivity contribution in [1.82, 2.24) is 0 Å². The first-order chi connectivity index (χ1) is 13.7. The SMILES string of the molecule is Cc1ccc(S(=O)(=O)N(C)c2ccccc2C(=O)Nc2ccc(F)c(Cl)c2)cc1. The third-order valence-electron chi connectivity index (χ3n) is 4.34. The second-order valence-corrected chi connectivity index (χ2v) is 8.76. The number of nitrogens with one attached hydrogen (secondary N) is 1. The Morgan fingerprint density at radius 2 is 1.69 bits per heavy atom. The summed E-state index contributed by atoms with van der Waals surface area (Å²) in [6.07, 6.45) is 0. The van der Waals surface area contributed by atoms with Crippen molar-refractivity contribution in [1.29, 1.82) is 0 Å². The van der Waals surface area contributed by atoms with E-state index < -0.39 is 21.7 Å². The molecule has 0 aliphatic rings. The summed E-state index contributed by atoms with van der Waals surface area (Å²) < 4.78 is 40.4. The van der Waals surface area contributed by atoms with Crippen molar-refractivity contribution in [2.75, 3.05) is 16.7 Å². The van der Waals surface area contributed by atoms with E-state index >= 15 is 0 Å². The van der Waals surface area contributed by atoms with Gasteiger partial charge in [0.2, 0.25) is 0 Å².